The molecule has 45 heavy (non-hydrogen) atoms. The molecule has 0 bridgehead atoms. The Hall–Kier alpha value is -4.17. The monoisotopic (exact) mass is 663 g/mol. The number of rotatable bonds is 3. The van der Waals surface area contributed by atoms with Gasteiger partial charge in [-0.05, 0) is 53.8 Å². The predicted octanol–water partition coefficient (Wildman–Crippen LogP) is 10.1. The van der Waals surface area contributed by atoms with Crippen molar-refractivity contribution < 1.29 is 31.3 Å². The van der Waals surface area contributed by atoms with E-state index in [1.807, 2.05) is 91.0 Å². The van der Waals surface area contributed by atoms with Gasteiger partial charge in [-0.3, -0.25) is 0 Å². The summed E-state index contributed by atoms with van der Waals surface area (Å²) < 4.78 is 0. The van der Waals surface area contributed by atoms with Crippen LogP contribution in [0.25, 0.3) is 10.8 Å². The molecule has 0 aliphatic heterocycles. The number of aliphatic hydroxyl groups is 1. The van der Waals surface area contributed by atoms with E-state index in [0.29, 0.717) is 6.42 Å². The fourth-order valence-electron chi connectivity index (χ4n) is 5.87. The van der Waals surface area contributed by atoms with Gasteiger partial charge in [-0.1, -0.05) is 96.6 Å². The zero-order valence-electron chi connectivity index (χ0n) is 26.3. The minimum Gasteiger partial charge on any atom is -0.378 e. The van der Waals surface area contributed by atoms with E-state index in [1.165, 1.54) is 5.56 Å². The number of hydrogen-bond donors (Lipinski definition) is 1. The fourth-order valence-corrected chi connectivity index (χ4v) is 5.87. The molecule has 0 heterocycles. The van der Waals surface area contributed by atoms with E-state index in [9.17, 15) is 5.11 Å². The summed E-state index contributed by atoms with van der Waals surface area (Å²) in [6.45, 7) is 13.7. The number of hydrogen-bond acceptors (Lipinski definition) is 2. The molecule has 1 aliphatic carbocycles. The van der Waals surface area contributed by atoms with Crippen molar-refractivity contribution in [2.75, 3.05) is 0 Å². The largest absolute Gasteiger partial charge is 0.378 e. The molecule has 6 aromatic rings. The molecule has 0 amide bonds. The van der Waals surface area contributed by atoms with Crippen molar-refractivity contribution in [3.05, 3.63) is 198 Å². The van der Waals surface area contributed by atoms with Crippen molar-refractivity contribution in [2.24, 2.45) is 4.99 Å². The van der Waals surface area contributed by atoms with Crippen LogP contribution in [0.2, 0.25) is 0 Å². The van der Waals surface area contributed by atoms with Gasteiger partial charge in [-0.2, -0.15) is 49.2 Å². The van der Waals surface area contributed by atoms with Crippen molar-refractivity contribution >= 4 is 22.2 Å². The standard InChI is InChI=1S/C28H25NO.2C7H7.Zr/c1-18-15-19(2)26(20(3)16-18)29-27-23-13-7-11-22-12-8-14-24(25(22)23)28(27,30)17-21-9-5-4-6-10-21;2*1-7-5-3-2-4-6-7;/h4-16,30H,17H2,1-3H3;2*2-6H,1H2;/q;2*-1;. The zero-order chi connectivity index (χ0) is 31.1. The molecule has 7 rings (SSSR count). The van der Waals surface area contributed by atoms with E-state index in [1.54, 1.807) is 0 Å². The number of benzene rings is 6. The van der Waals surface area contributed by atoms with Crippen LogP contribution >= 0.6 is 0 Å². The second-order valence-corrected chi connectivity index (χ2v) is 11.4. The first-order valence-corrected chi connectivity index (χ1v) is 15.0. The number of aliphatic imine (C=N–C) groups is 1. The second kappa shape index (κ2) is 15.2. The number of nitrogens with zero attached hydrogens (tertiary/aromatic N) is 1. The van der Waals surface area contributed by atoms with Crippen molar-refractivity contribution in [3.63, 3.8) is 0 Å². The second-order valence-electron chi connectivity index (χ2n) is 11.4. The van der Waals surface area contributed by atoms with Gasteiger partial charge in [0.25, 0.3) is 0 Å². The third-order valence-electron chi connectivity index (χ3n) is 7.84. The Kier molecular flexibility index (Phi) is 11.4. The molecule has 1 aliphatic rings. The molecule has 0 aromatic heterocycles. The number of aryl methyl sites for hydroxylation is 3. The van der Waals surface area contributed by atoms with E-state index in [4.69, 9.17) is 4.99 Å². The van der Waals surface area contributed by atoms with Gasteiger partial charge in [-0.25, -0.2) is 4.99 Å². The third kappa shape index (κ3) is 7.92. The van der Waals surface area contributed by atoms with E-state index >= 15 is 0 Å². The molecule has 1 N–H and O–H groups in total. The van der Waals surface area contributed by atoms with Crippen molar-refractivity contribution in [1.29, 1.82) is 0 Å². The minimum atomic E-state index is -1.17. The molecule has 0 radical (unpaired) electrons. The van der Waals surface area contributed by atoms with Gasteiger partial charge in [-0.15, -0.1) is 24.3 Å². The maximum Gasteiger partial charge on any atom is 0.137 e. The van der Waals surface area contributed by atoms with Gasteiger partial charge < -0.3 is 5.11 Å². The molecule has 0 saturated carbocycles. The summed E-state index contributed by atoms with van der Waals surface area (Å²) >= 11 is 0. The summed E-state index contributed by atoms with van der Waals surface area (Å²) in [5.74, 6) is 0. The van der Waals surface area contributed by atoms with Crippen LogP contribution < -0.4 is 0 Å². The zero-order valence-corrected chi connectivity index (χ0v) is 28.8. The summed E-state index contributed by atoms with van der Waals surface area (Å²) in [6.07, 6.45) is 0.490. The fraction of sp³-hybridized carbons (Fsp3) is 0.119. The summed E-state index contributed by atoms with van der Waals surface area (Å²) in [4.78, 5) is 5.15. The van der Waals surface area contributed by atoms with Crippen molar-refractivity contribution in [3.8, 4) is 0 Å². The summed E-state index contributed by atoms with van der Waals surface area (Å²) in [5.41, 5.74) is 9.22. The molecule has 1 atom stereocenters. The Morgan fingerprint density at radius 1 is 0.622 bits per heavy atom. The van der Waals surface area contributed by atoms with Gasteiger partial charge in [0.15, 0.2) is 0 Å². The molecule has 0 spiro atoms. The van der Waals surface area contributed by atoms with Gasteiger partial charge >= 0.3 is 0 Å². The van der Waals surface area contributed by atoms with Crippen LogP contribution in [0.5, 0.6) is 0 Å². The van der Waals surface area contributed by atoms with Crippen LogP contribution in [-0.4, -0.2) is 10.8 Å². The van der Waals surface area contributed by atoms with E-state index in [0.717, 1.165) is 61.1 Å². The topological polar surface area (TPSA) is 32.6 Å². The quantitative estimate of drug-likeness (QED) is 0.188. The van der Waals surface area contributed by atoms with Gasteiger partial charge in [0, 0.05) is 38.2 Å². The van der Waals surface area contributed by atoms with Crippen LogP contribution in [0.15, 0.2) is 145 Å². The first kappa shape index (κ1) is 33.7. The van der Waals surface area contributed by atoms with Crippen LogP contribution in [0.1, 0.15) is 44.5 Å². The molecule has 3 heteroatoms. The molecular formula is C42H39NOZr-2. The Morgan fingerprint density at radius 3 is 1.60 bits per heavy atom. The predicted molar refractivity (Wildman–Crippen MR) is 187 cm³/mol. The smallest absolute Gasteiger partial charge is 0.137 e. The molecular weight excluding hydrogens is 626 g/mol. The maximum absolute atomic E-state index is 12.2. The molecule has 2 nitrogen and oxygen atoms in total. The van der Waals surface area contributed by atoms with E-state index in [2.05, 4.69) is 83.1 Å². The molecule has 6 aromatic carbocycles. The van der Waals surface area contributed by atoms with Crippen LogP contribution in [0.4, 0.5) is 5.69 Å². The SMILES string of the molecule is Cc1cc(C)c(N=C2c3cccc4cccc(c34)C2(O)Cc2ccccc2)c(C)c1.[CH2-]c1ccccc1.[CH2-]c1ccccc1.[Zr]. The van der Waals surface area contributed by atoms with Gasteiger partial charge in [0.1, 0.15) is 5.60 Å². The maximum atomic E-state index is 12.2. The van der Waals surface area contributed by atoms with Crippen LogP contribution in [0, 0.1) is 34.6 Å². The Labute approximate surface area is 287 Å². The van der Waals surface area contributed by atoms with Crippen LogP contribution in [0.3, 0.4) is 0 Å². The van der Waals surface area contributed by atoms with Crippen molar-refractivity contribution in [1.82, 2.24) is 0 Å². The van der Waals surface area contributed by atoms with Gasteiger partial charge in [0.2, 0.25) is 0 Å². The summed E-state index contributed by atoms with van der Waals surface area (Å²) in [6, 6.07) is 46.7. The Morgan fingerprint density at radius 2 is 1.11 bits per heavy atom. The molecule has 0 saturated heterocycles. The first-order valence-electron chi connectivity index (χ1n) is 15.0. The average Bonchev–Trinajstić information content (AvgIpc) is 3.25. The van der Waals surface area contributed by atoms with E-state index < -0.39 is 5.60 Å². The molecule has 1 unspecified atom stereocenters. The Bertz CT molecular complexity index is 1820. The molecule has 0 fully saturated rings. The van der Waals surface area contributed by atoms with Crippen LogP contribution in [-0.2, 0) is 38.2 Å². The van der Waals surface area contributed by atoms with Crippen molar-refractivity contribution in [2.45, 2.75) is 32.8 Å². The van der Waals surface area contributed by atoms with Gasteiger partial charge in [0.05, 0.1) is 11.4 Å². The third-order valence-corrected chi connectivity index (χ3v) is 7.84. The summed E-state index contributed by atoms with van der Waals surface area (Å²) in [7, 11) is 0. The minimum absolute atomic E-state index is 0. The Balaban J connectivity index is 0.000000253. The normalized spacial score (nSPS) is 15.3. The van der Waals surface area contributed by atoms with E-state index in [-0.39, 0.29) is 26.2 Å². The summed E-state index contributed by atoms with van der Waals surface area (Å²) in [5, 5.41) is 14.5. The average molecular weight is 665 g/mol. The first-order chi connectivity index (χ1) is 21.3. The molecule has 224 valence electrons.